The Morgan fingerprint density at radius 2 is 0.648 bits per heavy atom. The maximum Gasteiger partial charge on any atom is 0.252 e. The molecule has 15 rings (SSSR count). The van der Waals surface area contributed by atoms with Gasteiger partial charge in [-0.1, -0.05) is 200 Å². The third-order valence-electron chi connectivity index (χ3n) is 14.9. The predicted molar refractivity (Wildman–Crippen MR) is 297 cm³/mol. The first-order chi connectivity index (χ1) is 35.2. The van der Waals surface area contributed by atoms with Crippen LogP contribution in [-0.2, 0) is 0 Å². The molecule has 5 heteroatoms. The summed E-state index contributed by atoms with van der Waals surface area (Å²) in [4.78, 5) is 5.05. The molecular weight excluding hydrogens is 864 g/mol. The summed E-state index contributed by atoms with van der Waals surface area (Å²) in [5.41, 5.74) is 23.0. The topological polar surface area (TPSA) is 32.8 Å². The van der Waals surface area contributed by atoms with Gasteiger partial charge < -0.3 is 18.6 Å². The van der Waals surface area contributed by atoms with Gasteiger partial charge >= 0.3 is 0 Å². The highest BCUT2D eigenvalue weighted by molar-refractivity contribution is 7.00. The third-order valence-corrected chi connectivity index (χ3v) is 14.9. The Labute approximate surface area is 411 Å². The summed E-state index contributed by atoms with van der Waals surface area (Å²) >= 11 is 0. The first kappa shape index (κ1) is 39.7. The summed E-state index contributed by atoms with van der Waals surface area (Å²) in [6, 6.07) is 90.1. The second-order valence-electron chi connectivity index (χ2n) is 18.7. The van der Waals surface area contributed by atoms with Gasteiger partial charge in [-0.2, -0.15) is 0 Å². The number of para-hydroxylation sites is 6. The predicted octanol–water partition coefficient (Wildman–Crippen LogP) is 16.2. The van der Waals surface area contributed by atoms with Gasteiger partial charge in [-0.25, -0.2) is 0 Å². The van der Waals surface area contributed by atoms with Crippen molar-refractivity contribution in [3.8, 4) is 44.5 Å². The first-order valence-electron chi connectivity index (χ1n) is 24.4. The minimum absolute atomic E-state index is 0.0986. The Kier molecular flexibility index (Phi) is 8.72. The van der Waals surface area contributed by atoms with Crippen molar-refractivity contribution in [2.24, 2.45) is 0 Å². The summed E-state index contributed by atoms with van der Waals surface area (Å²) in [6.45, 7) is -0.0986. The summed E-state index contributed by atoms with van der Waals surface area (Å²) in [5.74, 6) is 0. The van der Waals surface area contributed by atoms with Gasteiger partial charge in [0.2, 0.25) is 0 Å². The lowest BCUT2D eigenvalue weighted by molar-refractivity contribution is 0.669. The molecule has 0 saturated heterocycles. The molecule has 4 nitrogen and oxygen atoms in total. The normalized spacial score (nSPS) is 12.7. The summed E-state index contributed by atoms with van der Waals surface area (Å²) in [7, 11) is 0. The summed E-state index contributed by atoms with van der Waals surface area (Å²) in [6.07, 6.45) is 0. The van der Waals surface area contributed by atoms with Crippen LogP contribution in [0.4, 0.5) is 34.1 Å². The molecule has 13 aromatic rings. The van der Waals surface area contributed by atoms with Crippen molar-refractivity contribution in [2.75, 3.05) is 9.80 Å². The van der Waals surface area contributed by atoms with Crippen molar-refractivity contribution in [3.05, 3.63) is 249 Å². The molecule has 0 unspecified atom stereocenters. The number of hydrogen-bond donors (Lipinski definition) is 0. The standard InChI is InChI=1S/C66H41BN2O2/c1-3-18-42(19-4-1)46-22-7-11-30-56(46)68-58-32-17-33-59-64(58)67(54-38-36-44(40-60(54)68)48-26-15-28-52-50-24-9-13-34-62(50)70-65(48)52)55-39-37-45(49-27-16-29-53-51-25-10-14-35-63(51)71-66(49)53)41-61(55)69(59)57-31-12-8-23-47(57)43-20-5-2-6-21-43/h1-41H. The fourth-order valence-corrected chi connectivity index (χ4v) is 11.8. The van der Waals surface area contributed by atoms with Crippen LogP contribution in [0, 0.1) is 0 Å². The van der Waals surface area contributed by atoms with E-state index in [9.17, 15) is 0 Å². The Bertz CT molecular complexity index is 4000. The van der Waals surface area contributed by atoms with Crippen molar-refractivity contribution >= 4 is 101 Å². The lowest BCUT2D eigenvalue weighted by atomic mass is 9.33. The molecular formula is C66H41BN2O2. The molecule has 0 bridgehead atoms. The van der Waals surface area contributed by atoms with Crippen LogP contribution >= 0.6 is 0 Å². The molecule has 0 fully saturated rings. The molecule has 11 aromatic carbocycles. The molecule has 71 heavy (non-hydrogen) atoms. The Morgan fingerprint density at radius 1 is 0.268 bits per heavy atom. The van der Waals surface area contributed by atoms with E-state index in [0.717, 1.165) is 123 Å². The SMILES string of the molecule is c1ccc(-c2ccccc2N2c3cc(-c4cccc5c4oc4ccccc45)ccc3B3c4ccc(-c5cccc6c5oc5ccccc56)cc4N(c4ccccc4-c4ccccc4)c4cccc2c43)cc1. The van der Waals surface area contributed by atoms with Crippen molar-refractivity contribution in [1.29, 1.82) is 0 Å². The molecule has 2 aromatic heterocycles. The number of nitrogens with zero attached hydrogens (tertiary/aromatic N) is 2. The maximum absolute atomic E-state index is 6.70. The highest BCUT2D eigenvalue weighted by Gasteiger charge is 2.44. The average Bonchev–Trinajstić information content (AvgIpc) is 4.02. The smallest absolute Gasteiger partial charge is 0.252 e. The molecule has 0 amide bonds. The van der Waals surface area contributed by atoms with Crippen molar-refractivity contribution < 1.29 is 8.83 Å². The highest BCUT2D eigenvalue weighted by Crippen LogP contribution is 2.50. The van der Waals surface area contributed by atoms with Crippen molar-refractivity contribution in [2.45, 2.75) is 0 Å². The molecule has 0 atom stereocenters. The van der Waals surface area contributed by atoms with E-state index in [2.05, 4.69) is 246 Å². The zero-order valence-electron chi connectivity index (χ0n) is 38.5. The van der Waals surface area contributed by atoms with Crippen LogP contribution < -0.4 is 26.2 Å². The molecule has 0 aliphatic carbocycles. The monoisotopic (exact) mass is 904 g/mol. The van der Waals surface area contributed by atoms with Gasteiger partial charge in [-0.05, 0) is 87.2 Å². The van der Waals surface area contributed by atoms with Crippen LogP contribution in [0.25, 0.3) is 88.4 Å². The molecule has 0 saturated carbocycles. The number of rotatable bonds is 6. The number of hydrogen-bond acceptors (Lipinski definition) is 4. The zero-order valence-corrected chi connectivity index (χ0v) is 38.5. The van der Waals surface area contributed by atoms with Crippen LogP contribution in [0.15, 0.2) is 258 Å². The van der Waals surface area contributed by atoms with E-state index >= 15 is 0 Å². The van der Waals surface area contributed by atoms with E-state index in [1.54, 1.807) is 0 Å². The van der Waals surface area contributed by atoms with Gasteiger partial charge in [0, 0.05) is 66.5 Å². The fourth-order valence-electron chi connectivity index (χ4n) is 11.8. The molecule has 4 heterocycles. The lowest BCUT2D eigenvalue weighted by Gasteiger charge is -2.45. The second kappa shape index (κ2) is 15.6. The van der Waals surface area contributed by atoms with Crippen LogP contribution in [0.1, 0.15) is 0 Å². The minimum Gasteiger partial charge on any atom is -0.455 e. The number of benzene rings is 11. The van der Waals surface area contributed by atoms with E-state index < -0.39 is 0 Å². The van der Waals surface area contributed by atoms with Crippen molar-refractivity contribution in [1.82, 2.24) is 0 Å². The van der Waals surface area contributed by atoms with E-state index in [1.165, 1.54) is 16.4 Å². The van der Waals surface area contributed by atoms with Gasteiger partial charge in [0.05, 0.1) is 11.4 Å². The van der Waals surface area contributed by atoms with E-state index in [-0.39, 0.29) is 6.71 Å². The van der Waals surface area contributed by atoms with Crippen LogP contribution in [0.3, 0.4) is 0 Å². The Balaban J connectivity index is 1.02. The number of anilines is 6. The minimum atomic E-state index is -0.0986. The van der Waals surface area contributed by atoms with E-state index in [1.807, 2.05) is 12.1 Å². The fraction of sp³-hybridized carbons (Fsp3) is 0. The third kappa shape index (κ3) is 6.00. The van der Waals surface area contributed by atoms with Crippen molar-refractivity contribution in [3.63, 3.8) is 0 Å². The van der Waals surface area contributed by atoms with Gasteiger partial charge in [-0.3, -0.25) is 0 Å². The van der Waals surface area contributed by atoms with Gasteiger partial charge in [0.15, 0.2) is 0 Å². The summed E-state index contributed by atoms with van der Waals surface area (Å²) in [5, 5.41) is 4.47. The zero-order chi connectivity index (χ0) is 46.6. The molecule has 0 spiro atoms. The van der Waals surface area contributed by atoms with Crippen LogP contribution in [0.5, 0.6) is 0 Å². The molecule has 0 radical (unpaired) electrons. The number of fused-ring (bicyclic) bond motifs is 10. The Hall–Kier alpha value is -9.32. The van der Waals surface area contributed by atoms with Gasteiger partial charge in [0.25, 0.3) is 6.71 Å². The van der Waals surface area contributed by atoms with Gasteiger partial charge in [0.1, 0.15) is 22.3 Å². The number of furan rings is 2. The Morgan fingerprint density at radius 3 is 1.14 bits per heavy atom. The molecule has 0 N–H and O–H groups in total. The van der Waals surface area contributed by atoms with Crippen LogP contribution in [-0.4, -0.2) is 6.71 Å². The molecule has 2 aliphatic rings. The van der Waals surface area contributed by atoms with E-state index in [4.69, 9.17) is 8.83 Å². The lowest BCUT2D eigenvalue weighted by Crippen LogP contribution is -2.61. The van der Waals surface area contributed by atoms with Gasteiger partial charge in [-0.15, -0.1) is 0 Å². The maximum atomic E-state index is 6.70. The first-order valence-corrected chi connectivity index (χ1v) is 24.4. The van der Waals surface area contributed by atoms with Crippen LogP contribution in [0.2, 0.25) is 0 Å². The largest absolute Gasteiger partial charge is 0.455 e. The van der Waals surface area contributed by atoms with E-state index in [0.29, 0.717) is 0 Å². The molecule has 2 aliphatic heterocycles. The average molecular weight is 905 g/mol. The quantitative estimate of drug-likeness (QED) is 0.156. The second-order valence-corrected chi connectivity index (χ2v) is 18.7. The molecule has 330 valence electrons. The summed E-state index contributed by atoms with van der Waals surface area (Å²) < 4.78 is 13.4. The highest BCUT2D eigenvalue weighted by atomic mass is 16.3.